The van der Waals surface area contributed by atoms with Crippen LogP contribution in [0.2, 0.25) is 0 Å². The molecule has 4 aromatic heterocycles. The van der Waals surface area contributed by atoms with Gasteiger partial charge in [-0.05, 0) is 76.0 Å². The Hall–Kier alpha value is -4.16. The minimum Gasteiger partial charge on any atom is -0.396 e. The summed E-state index contributed by atoms with van der Waals surface area (Å²) < 4.78 is 28.0. The minimum absolute atomic E-state index is 0.00244. The summed E-state index contributed by atoms with van der Waals surface area (Å²) in [5, 5.41) is 25.7. The first-order valence-electron chi connectivity index (χ1n) is 15.5. The molecule has 3 unspecified atom stereocenters. The van der Waals surface area contributed by atoms with Gasteiger partial charge in [-0.25, -0.2) is 23.4 Å². The number of aromatic nitrogens is 7. The summed E-state index contributed by atoms with van der Waals surface area (Å²) in [7, 11) is 0.654. The maximum Gasteiger partial charge on any atom is 0.256 e. The van der Waals surface area contributed by atoms with Gasteiger partial charge in [0.1, 0.15) is 11.5 Å². The van der Waals surface area contributed by atoms with Gasteiger partial charge in [-0.1, -0.05) is 12.8 Å². The molecule has 1 saturated carbocycles. The SMILES string of the molecule is CN(C)CCCn1cc(C#Cc2cc(C3CNC(Nc4ccnc(-c5cnn(S(=O)(=O)C6CC6)c5)n4)CC3(C)CO)ccn2)cn1. The van der Waals surface area contributed by atoms with Crippen LogP contribution in [0, 0.1) is 17.3 Å². The summed E-state index contributed by atoms with van der Waals surface area (Å²) in [6.07, 6.45) is 12.9. The monoisotopic (exact) mass is 644 g/mol. The highest BCUT2D eigenvalue weighted by molar-refractivity contribution is 7.90. The van der Waals surface area contributed by atoms with Crippen molar-refractivity contribution in [3.05, 3.63) is 72.2 Å². The first kappa shape index (κ1) is 31.8. The molecule has 3 atom stereocenters. The van der Waals surface area contributed by atoms with Crippen LogP contribution < -0.4 is 10.6 Å². The standard InChI is InChI=1S/C32H40N10O3S/c1-32(22-43)16-30(38-29-10-12-34-31(39-29)25-18-37-42(21-25)46(44,45)27-7-8-27)35-19-28(32)24-9-11-33-26(15-24)6-5-23-17-36-41(20-23)14-4-13-40(2)3/h9-12,15,17-18,20-21,27-28,30,35,43H,4,7-8,13-14,16,19,22H2,1-3H3,(H,34,38,39). The second-order valence-corrected chi connectivity index (χ2v) is 14.7. The molecule has 0 radical (unpaired) electrons. The highest BCUT2D eigenvalue weighted by atomic mass is 32.2. The maximum atomic E-state index is 12.5. The fraction of sp³-hybridized carbons (Fsp3) is 0.469. The van der Waals surface area contributed by atoms with Crippen LogP contribution in [0.25, 0.3) is 11.4 Å². The number of anilines is 1. The Labute approximate surface area is 269 Å². The number of aryl methyl sites for hydroxylation is 1. The van der Waals surface area contributed by atoms with Gasteiger partial charge in [0.2, 0.25) is 0 Å². The van der Waals surface area contributed by atoms with Gasteiger partial charge < -0.3 is 15.3 Å². The average molecular weight is 645 g/mol. The van der Waals surface area contributed by atoms with E-state index < -0.39 is 15.4 Å². The van der Waals surface area contributed by atoms with E-state index in [1.807, 2.05) is 23.0 Å². The predicted molar refractivity (Wildman–Crippen MR) is 174 cm³/mol. The lowest BCUT2D eigenvalue weighted by atomic mass is 9.69. The van der Waals surface area contributed by atoms with Crippen molar-refractivity contribution in [3.63, 3.8) is 0 Å². The second-order valence-electron chi connectivity index (χ2n) is 12.7. The molecule has 46 heavy (non-hydrogen) atoms. The van der Waals surface area contributed by atoms with Gasteiger partial charge in [-0.2, -0.15) is 14.3 Å². The van der Waals surface area contributed by atoms with Crippen LogP contribution in [0.1, 0.15) is 55.3 Å². The Morgan fingerprint density at radius 2 is 1.96 bits per heavy atom. The molecule has 0 spiro atoms. The van der Waals surface area contributed by atoms with Gasteiger partial charge in [-0.15, -0.1) is 0 Å². The third kappa shape index (κ3) is 7.28. The zero-order valence-corrected chi connectivity index (χ0v) is 27.2. The molecular weight excluding hydrogens is 604 g/mol. The predicted octanol–water partition coefficient (Wildman–Crippen LogP) is 2.14. The second kappa shape index (κ2) is 13.3. The van der Waals surface area contributed by atoms with Crippen LogP contribution >= 0.6 is 0 Å². The first-order valence-corrected chi connectivity index (χ1v) is 17.0. The summed E-state index contributed by atoms with van der Waals surface area (Å²) in [5.41, 5.74) is 2.66. The fourth-order valence-corrected chi connectivity index (χ4v) is 7.26. The number of nitrogens with one attached hydrogen (secondary N) is 2. The summed E-state index contributed by atoms with van der Waals surface area (Å²) in [6, 6.07) is 5.76. The Morgan fingerprint density at radius 1 is 1.13 bits per heavy atom. The molecule has 13 nitrogen and oxygen atoms in total. The highest BCUT2D eigenvalue weighted by Gasteiger charge is 2.41. The van der Waals surface area contributed by atoms with Crippen LogP contribution in [0.5, 0.6) is 0 Å². The van der Waals surface area contributed by atoms with Gasteiger partial charge >= 0.3 is 0 Å². The van der Waals surface area contributed by atoms with Gasteiger partial charge in [0, 0.05) is 49.6 Å². The average Bonchev–Trinajstić information content (AvgIpc) is 3.61. The molecular formula is C32H40N10O3S. The molecule has 0 aromatic carbocycles. The number of rotatable bonds is 11. The molecule has 1 aliphatic heterocycles. The minimum atomic E-state index is -3.47. The van der Waals surface area contributed by atoms with Crippen molar-refractivity contribution < 1.29 is 13.5 Å². The van der Waals surface area contributed by atoms with E-state index in [-0.39, 0.29) is 23.9 Å². The van der Waals surface area contributed by atoms with E-state index in [2.05, 4.69) is 73.5 Å². The molecule has 2 fully saturated rings. The van der Waals surface area contributed by atoms with Gasteiger partial charge in [0.05, 0.1) is 41.1 Å². The Balaban J connectivity index is 1.10. The molecule has 1 aliphatic carbocycles. The molecule has 1 saturated heterocycles. The molecule has 3 N–H and O–H groups in total. The number of hydrogen-bond donors (Lipinski definition) is 3. The number of aliphatic hydroxyl groups excluding tert-OH is 1. The number of nitrogens with zero attached hydrogens (tertiary/aromatic N) is 8. The lowest BCUT2D eigenvalue weighted by Crippen LogP contribution is -2.52. The zero-order chi connectivity index (χ0) is 32.3. The normalized spacial score (nSPS) is 21.6. The van der Waals surface area contributed by atoms with Gasteiger partial charge in [0.15, 0.2) is 5.82 Å². The first-order chi connectivity index (χ1) is 22.1. The maximum absolute atomic E-state index is 12.5. The van der Waals surface area contributed by atoms with E-state index in [4.69, 9.17) is 0 Å². The molecule has 0 amide bonds. The molecule has 2 aliphatic rings. The molecule has 14 heteroatoms. The van der Waals surface area contributed by atoms with Crippen molar-refractivity contribution in [1.29, 1.82) is 0 Å². The van der Waals surface area contributed by atoms with Crippen LogP contribution in [-0.4, -0.2) is 97.5 Å². The van der Waals surface area contributed by atoms with E-state index in [0.717, 1.165) is 34.7 Å². The van der Waals surface area contributed by atoms with Crippen molar-refractivity contribution >= 4 is 15.8 Å². The Bertz CT molecular complexity index is 1840. The van der Waals surface area contributed by atoms with Gasteiger partial charge in [0.25, 0.3) is 10.0 Å². The van der Waals surface area contributed by atoms with Crippen LogP contribution in [0.4, 0.5) is 5.82 Å². The topological polar surface area (TPSA) is 156 Å². The number of hydrogen-bond acceptors (Lipinski definition) is 11. The summed E-state index contributed by atoms with van der Waals surface area (Å²) in [6.45, 7) is 4.55. The van der Waals surface area contributed by atoms with E-state index in [1.54, 1.807) is 24.7 Å². The largest absolute Gasteiger partial charge is 0.396 e. The van der Waals surface area contributed by atoms with Crippen molar-refractivity contribution in [2.24, 2.45) is 5.41 Å². The van der Waals surface area contributed by atoms with Crippen molar-refractivity contribution in [3.8, 4) is 23.2 Å². The smallest absolute Gasteiger partial charge is 0.256 e. The fourth-order valence-electron chi connectivity index (χ4n) is 5.79. The van der Waals surface area contributed by atoms with Crippen molar-refractivity contribution in [2.75, 3.05) is 39.1 Å². The summed E-state index contributed by atoms with van der Waals surface area (Å²) in [4.78, 5) is 15.6. The molecule has 0 bridgehead atoms. The molecule has 6 rings (SSSR count). The quantitative estimate of drug-likeness (QED) is 0.206. The van der Waals surface area contributed by atoms with Crippen LogP contribution in [0.15, 0.2) is 55.4 Å². The summed E-state index contributed by atoms with van der Waals surface area (Å²) in [5.74, 6) is 7.35. The van der Waals surface area contributed by atoms with E-state index >= 15 is 0 Å². The zero-order valence-electron chi connectivity index (χ0n) is 26.3. The lowest BCUT2D eigenvalue weighted by molar-refractivity contribution is 0.0704. The van der Waals surface area contributed by atoms with E-state index in [0.29, 0.717) is 48.7 Å². The Kier molecular flexibility index (Phi) is 9.19. The number of pyridine rings is 1. The van der Waals surface area contributed by atoms with Crippen molar-refractivity contribution in [1.82, 2.24) is 44.1 Å². The van der Waals surface area contributed by atoms with Crippen molar-refractivity contribution in [2.45, 2.75) is 56.5 Å². The van der Waals surface area contributed by atoms with Crippen LogP contribution in [0.3, 0.4) is 0 Å². The van der Waals surface area contributed by atoms with Crippen LogP contribution in [-0.2, 0) is 16.6 Å². The summed E-state index contributed by atoms with van der Waals surface area (Å²) >= 11 is 0. The molecule has 4 aromatic rings. The van der Waals surface area contributed by atoms with E-state index in [1.165, 1.54) is 12.4 Å². The lowest BCUT2D eigenvalue weighted by Gasteiger charge is -2.44. The van der Waals surface area contributed by atoms with E-state index in [9.17, 15) is 13.5 Å². The number of piperidine rings is 1. The highest BCUT2D eigenvalue weighted by Crippen LogP contribution is 2.42. The Morgan fingerprint density at radius 3 is 2.74 bits per heavy atom. The third-order valence-corrected chi connectivity index (χ3v) is 10.6. The van der Waals surface area contributed by atoms with Gasteiger partial charge in [-0.3, -0.25) is 10.00 Å². The number of aliphatic hydroxyl groups is 1. The molecule has 5 heterocycles. The molecule has 242 valence electrons. The third-order valence-electron chi connectivity index (χ3n) is 8.59.